The number of nitrogen functional groups attached to an aromatic ring is 1. The van der Waals surface area contributed by atoms with Crippen LogP contribution in [0.2, 0.25) is 0 Å². The van der Waals surface area contributed by atoms with E-state index in [1.54, 1.807) is 6.07 Å². The van der Waals surface area contributed by atoms with E-state index in [0.717, 1.165) is 44.3 Å². The Bertz CT molecular complexity index is 672. The largest absolute Gasteiger partial charge is 0.383 e. The van der Waals surface area contributed by atoms with Gasteiger partial charge in [0.1, 0.15) is 5.82 Å². The third kappa shape index (κ3) is 4.15. The molecule has 0 aromatic carbocycles. The van der Waals surface area contributed by atoms with Crippen molar-refractivity contribution in [2.24, 2.45) is 11.8 Å². The quantitative estimate of drug-likeness (QED) is 0.696. The molecule has 0 bridgehead atoms. The number of anilines is 2. The smallest absolute Gasteiger partial charge is 0.313 e. The van der Waals surface area contributed by atoms with Crippen LogP contribution in [0.1, 0.15) is 38.2 Å². The molecule has 0 spiro atoms. The molecule has 26 heavy (non-hydrogen) atoms. The van der Waals surface area contributed by atoms with Crippen LogP contribution in [-0.4, -0.2) is 47.4 Å². The van der Waals surface area contributed by atoms with Crippen molar-refractivity contribution in [1.29, 1.82) is 0 Å². The van der Waals surface area contributed by atoms with Crippen molar-refractivity contribution in [2.45, 2.75) is 45.6 Å². The number of carbonyl (C=O) groups excluding carboxylic acids is 2. The normalized spacial score (nSPS) is 24.3. The number of aryl methyl sites for hydroxylation is 1. The maximum Gasteiger partial charge on any atom is 0.313 e. The zero-order valence-electron chi connectivity index (χ0n) is 15.6. The number of carbonyl (C=O) groups is 2. The predicted octanol–water partition coefficient (Wildman–Crippen LogP) is 1.54. The fraction of sp³-hybridized carbons (Fsp3) is 0.632. The Labute approximate surface area is 154 Å². The van der Waals surface area contributed by atoms with E-state index in [0.29, 0.717) is 29.9 Å². The molecule has 1 aromatic rings. The summed E-state index contributed by atoms with van der Waals surface area (Å²) in [5, 5.41) is 6.06. The van der Waals surface area contributed by atoms with E-state index >= 15 is 0 Å². The number of nitrogens with one attached hydrogen (secondary N) is 2. The van der Waals surface area contributed by atoms with Crippen molar-refractivity contribution in [3.8, 4) is 0 Å². The van der Waals surface area contributed by atoms with Gasteiger partial charge in [0.2, 0.25) is 0 Å². The highest BCUT2D eigenvalue weighted by Crippen LogP contribution is 2.31. The van der Waals surface area contributed by atoms with E-state index < -0.39 is 11.8 Å². The Morgan fingerprint density at radius 1 is 1.27 bits per heavy atom. The standard InChI is InChI=1S/C19H29N5O2/c1-12-3-4-16(14-5-7-21-8-6-14)24(11-12)19(26)18(25)23-15-9-13(2)17(20)22-10-15/h9-10,12,14,16,21H,3-8,11H2,1-2H3,(H2,20,22)(H,23,25). The molecular formula is C19H29N5O2. The van der Waals surface area contributed by atoms with Gasteiger partial charge >= 0.3 is 11.8 Å². The van der Waals surface area contributed by atoms with Gasteiger partial charge in [-0.3, -0.25) is 9.59 Å². The fourth-order valence-electron chi connectivity index (χ4n) is 4.10. The molecule has 2 fully saturated rings. The summed E-state index contributed by atoms with van der Waals surface area (Å²) in [7, 11) is 0. The fourth-order valence-corrected chi connectivity index (χ4v) is 4.10. The molecule has 7 nitrogen and oxygen atoms in total. The lowest BCUT2D eigenvalue weighted by atomic mass is 9.82. The van der Waals surface area contributed by atoms with Gasteiger partial charge in [0.05, 0.1) is 11.9 Å². The minimum Gasteiger partial charge on any atom is -0.383 e. The molecule has 142 valence electrons. The number of hydrogen-bond donors (Lipinski definition) is 3. The first-order chi connectivity index (χ1) is 12.5. The molecule has 2 amide bonds. The number of hydrogen-bond acceptors (Lipinski definition) is 5. The number of amides is 2. The number of likely N-dealkylation sites (tertiary alicyclic amines) is 1. The lowest BCUT2D eigenvalue weighted by Gasteiger charge is -2.43. The molecule has 0 aliphatic carbocycles. The number of nitrogens with zero attached hydrogens (tertiary/aromatic N) is 2. The highest BCUT2D eigenvalue weighted by Gasteiger charge is 2.37. The van der Waals surface area contributed by atoms with Crippen molar-refractivity contribution < 1.29 is 9.59 Å². The van der Waals surface area contributed by atoms with Gasteiger partial charge in [-0.1, -0.05) is 6.92 Å². The summed E-state index contributed by atoms with van der Waals surface area (Å²) in [6.45, 7) is 6.59. The Kier molecular flexibility index (Phi) is 5.76. The summed E-state index contributed by atoms with van der Waals surface area (Å²) >= 11 is 0. The lowest BCUT2D eigenvalue weighted by molar-refractivity contribution is -0.147. The average molecular weight is 359 g/mol. The molecule has 0 radical (unpaired) electrons. The van der Waals surface area contributed by atoms with Crippen LogP contribution in [0.4, 0.5) is 11.5 Å². The maximum absolute atomic E-state index is 12.9. The molecule has 3 rings (SSSR count). The summed E-state index contributed by atoms with van der Waals surface area (Å²) in [5.74, 6) is 0.287. The molecule has 2 aliphatic rings. The van der Waals surface area contributed by atoms with Crippen LogP contribution in [-0.2, 0) is 9.59 Å². The first-order valence-corrected chi connectivity index (χ1v) is 9.50. The molecule has 2 unspecified atom stereocenters. The van der Waals surface area contributed by atoms with E-state index in [1.807, 2.05) is 11.8 Å². The van der Waals surface area contributed by atoms with Crippen LogP contribution in [0.15, 0.2) is 12.3 Å². The lowest BCUT2D eigenvalue weighted by Crippen LogP contribution is -2.54. The Morgan fingerprint density at radius 2 is 2.00 bits per heavy atom. The third-order valence-corrected chi connectivity index (χ3v) is 5.62. The van der Waals surface area contributed by atoms with Crippen LogP contribution >= 0.6 is 0 Å². The Balaban J connectivity index is 1.71. The monoisotopic (exact) mass is 359 g/mol. The number of aromatic nitrogens is 1. The van der Waals surface area contributed by atoms with E-state index in [1.165, 1.54) is 6.20 Å². The number of rotatable bonds is 2. The van der Waals surface area contributed by atoms with Crippen molar-refractivity contribution in [3.63, 3.8) is 0 Å². The second-order valence-corrected chi connectivity index (χ2v) is 7.68. The highest BCUT2D eigenvalue weighted by molar-refractivity contribution is 6.39. The van der Waals surface area contributed by atoms with Crippen LogP contribution in [0.3, 0.4) is 0 Å². The number of nitrogens with two attached hydrogens (primary N) is 1. The van der Waals surface area contributed by atoms with Crippen molar-refractivity contribution in [3.05, 3.63) is 17.8 Å². The zero-order valence-corrected chi connectivity index (χ0v) is 15.6. The summed E-state index contributed by atoms with van der Waals surface area (Å²) in [5.41, 5.74) is 6.98. The van der Waals surface area contributed by atoms with Gasteiger partial charge in [-0.2, -0.15) is 0 Å². The second kappa shape index (κ2) is 8.03. The molecule has 3 heterocycles. The molecule has 2 aliphatic heterocycles. The summed E-state index contributed by atoms with van der Waals surface area (Å²) in [6, 6.07) is 1.90. The minimum atomic E-state index is -0.594. The van der Waals surface area contributed by atoms with Crippen LogP contribution in [0.5, 0.6) is 0 Å². The van der Waals surface area contributed by atoms with Crippen LogP contribution < -0.4 is 16.4 Å². The van der Waals surface area contributed by atoms with Gasteiger partial charge in [0.15, 0.2) is 0 Å². The van der Waals surface area contributed by atoms with E-state index in [2.05, 4.69) is 22.5 Å². The van der Waals surface area contributed by atoms with Crippen LogP contribution in [0.25, 0.3) is 0 Å². The molecule has 0 saturated carbocycles. The summed E-state index contributed by atoms with van der Waals surface area (Å²) < 4.78 is 0. The average Bonchev–Trinajstić information content (AvgIpc) is 2.64. The zero-order chi connectivity index (χ0) is 18.7. The van der Waals surface area contributed by atoms with Gasteiger partial charge in [0.25, 0.3) is 0 Å². The molecule has 2 saturated heterocycles. The molecule has 4 N–H and O–H groups in total. The topological polar surface area (TPSA) is 100 Å². The highest BCUT2D eigenvalue weighted by atomic mass is 16.2. The van der Waals surface area contributed by atoms with Crippen LogP contribution in [0, 0.1) is 18.8 Å². The second-order valence-electron chi connectivity index (χ2n) is 7.68. The van der Waals surface area contributed by atoms with Gasteiger partial charge in [-0.15, -0.1) is 0 Å². The first kappa shape index (κ1) is 18.6. The number of piperidine rings is 2. The Morgan fingerprint density at radius 3 is 2.69 bits per heavy atom. The van der Waals surface area contributed by atoms with E-state index in [-0.39, 0.29) is 6.04 Å². The third-order valence-electron chi connectivity index (χ3n) is 5.62. The van der Waals surface area contributed by atoms with Crippen molar-refractivity contribution in [2.75, 3.05) is 30.7 Å². The first-order valence-electron chi connectivity index (χ1n) is 9.50. The van der Waals surface area contributed by atoms with Crippen molar-refractivity contribution >= 4 is 23.3 Å². The maximum atomic E-state index is 12.9. The SMILES string of the molecule is Cc1cc(NC(=O)C(=O)N2CC(C)CCC2C2CCNCC2)cnc1N. The van der Waals surface area contributed by atoms with E-state index in [4.69, 9.17) is 5.73 Å². The molecular weight excluding hydrogens is 330 g/mol. The van der Waals surface area contributed by atoms with Gasteiger partial charge < -0.3 is 21.3 Å². The van der Waals surface area contributed by atoms with Gasteiger partial charge in [-0.25, -0.2) is 4.98 Å². The van der Waals surface area contributed by atoms with Gasteiger partial charge in [0, 0.05) is 12.6 Å². The molecule has 1 aromatic heterocycles. The molecule has 7 heteroatoms. The minimum absolute atomic E-state index is 0.165. The summed E-state index contributed by atoms with van der Waals surface area (Å²) in [4.78, 5) is 31.3. The Hall–Kier alpha value is -2.15. The van der Waals surface area contributed by atoms with E-state index in [9.17, 15) is 9.59 Å². The summed E-state index contributed by atoms with van der Waals surface area (Å²) in [6.07, 6.45) is 5.70. The number of pyridine rings is 1. The molecule has 2 atom stereocenters. The van der Waals surface area contributed by atoms with Crippen molar-refractivity contribution in [1.82, 2.24) is 15.2 Å². The van der Waals surface area contributed by atoms with Gasteiger partial charge in [-0.05, 0) is 69.2 Å². The predicted molar refractivity (Wildman–Crippen MR) is 102 cm³/mol.